The third-order valence-corrected chi connectivity index (χ3v) is 3.59. The number of aromatic nitrogens is 3. The van der Waals surface area contributed by atoms with Gasteiger partial charge < -0.3 is 14.8 Å². The topological polar surface area (TPSA) is 78.3 Å². The first-order chi connectivity index (χ1) is 13.0. The molecular weight excluding hydrogens is 358 g/mol. The quantitative estimate of drug-likeness (QED) is 0.687. The van der Waals surface area contributed by atoms with Gasteiger partial charge in [0, 0.05) is 30.2 Å². The normalized spacial score (nSPS) is 10.7. The third kappa shape index (κ3) is 4.78. The first-order valence-electron chi connectivity index (χ1n) is 7.91. The largest absolute Gasteiger partial charge is 0.493 e. The highest BCUT2D eigenvalue weighted by atomic mass is 19.3. The predicted molar refractivity (Wildman–Crippen MR) is 93.1 cm³/mol. The molecule has 0 saturated heterocycles. The Kier molecular flexibility index (Phi) is 5.60. The number of carbonyl (C=O) groups excluding carboxylic acids is 1. The highest BCUT2D eigenvalue weighted by Crippen LogP contribution is 2.29. The molecule has 0 radical (unpaired) electrons. The van der Waals surface area contributed by atoms with Crippen LogP contribution in [0.1, 0.15) is 15.9 Å². The van der Waals surface area contributed by atoms with Gasteiger partial charge in [0.1, 0.15) is 0 Å². The number of pyridine rings is 1. The van der Waals surface area contributed by atoms with Crippen molar-refractivity contribution in [3.63, 3.8) is 0 Å². The predicted octanol–water partition coefficient (Wildman–Crippen LogP) is 3.19. The van der Waals surface area contributed by atoms with Crippen LogP contribution in [0, 0.1) is 0 Å². The van der Waals surface area contributed by atoms with Gasteiger partial charge in [-0.05, 0) is 29.8 Å². The minimum Gasteiger partial charge on any atom is -0.493 e. The van der Waals surface area contributed by atoms with Gasteiger partial charge >= 0.3 is 6.61 Å². The Balaban J connectivity index is 1.68. The average Bonchev–Trinajstić information content (AvgIpc) is 3.09. The zero-order valence-corrected chi connectivity index (χ0v) is 14.3. The number of hydrogen-bond donors (Lipinski definition) is 1. The Morgan fingerprint density at radius 1 is 1.26 bits per heavy atom. The number of hydrogen-bond acceptors (Lipinski definition) is 5. The van der Waals surface area contributed by atoms with Crippen LogP contribution in [-0.2, 0) is 6.54 Å². The Morgan fingerprint density at radius 3 is 2.81 bits per heavy atom. The van der Waals surface area contributed by atoms with Crippen LogP contribution in [0.3, 0.4) is 0 Å². The molecule has 0 aliphatic rings. The van der Waals surface area contributed by atoms with Crippen LogP contribution in [0.4, 0.5) is 14.6 Å². The molecule has 0 saturated carbocycles. The summed E-state index contributed by atoms with van der Waals surface area (Å²) in [5.74, 6) is -0.214. The maximum absolute atomic E-state index is 12.4. The Hall–Kier alpha value is -3.49. The zero-order chi connectivity index (χ0) is 19.2. The van der Waals surface area contributed by atoms with E-state index in [4.69, 9.17) is 4.74 Å². The zero-order valence-electron chi connectivity index (χ0n) is 14.3. The summed E-state index contributed by atoms with van der Waals surface area (Å²) in [5, 5.41) is 6.92. The van der Waals surface area contributed by atoms with Crippen LogP contribution in [-0.4, -0.2) is 34.4 Å². The van der Waals surface area contributed by atoms with E-state index in [9.17, 15) is 13.6 Å². The van der Waals surface area contributed by atoms with Gasteiger partial charge in [0.05, 0.1) is 13.7 Å². The SMILES string of the molecule is COc1cc(C(=O)Nc2ccn(Cc3cccnc3)n2)ccc1OC(F)F. The number of nitrogens with one attached hydrogen (secondary N) is 1. The third-order valence-electron chi connectivity index (χ3n) is 3.59. The molecule has 0 aliphatic heterocycles. The van der Waals surface area contributed by atoms with Crippen molar-refractivity contribution in [2.45, 2.75) is 13.2 Å². The summed E-state index contributed by atoms with van der Waals surface area (Å²) >= 11 is 0. The van der Waals surface area contributed by atoms with E-state index in [1.807, 2.05) is 12.1 Å². The minimum atomic E-state index is -2.98. The van der Waals surface area contributed by atoms with Gasteiger partial charge in [-0.15, -0.1) is 0 Å². The Morgan fingerprint density at radius 2 is 2.11 bits per heavy atom. The van der Waals surface area contributed by atoms with Gasteiger partial charge in [-0.3, -0.25) is 14.5 Å². The maximum Gasteiger partial charge on any atom is 0.387 e. The molecule has 9 heteroatoms. The maximum atomic E-state index is 12.4. The van der Waals surface area contributed by atoms with Crippen molar-refractivity contribution in [2.75, 3.05) is 12.4 Å². The summed E-state index contributed by atoms with van der Waals surface area (Å²) in [6, 6.07) is 9.33. The number of ether oxygens (including phenoxy) is 2. The number of halogens is 2. The van der Waals surface area contributed by atoms with E-state index >= 15 is 0 Å². The van der Waals surface area contributed by atoms with E-state index in [-0.39, 0.29) is 17.1 Å². The fourth-order valence-electron chi connectivity index (χ4n) is 2.39. The number of anilines is 1. The monoisotopic (exact) mass is 374 g/mol. The highest BCUT2D eigenvalue weighted by molar-refractivity contribution is 6.04. The number of carbonyl (C=O) groups is 1. The van der Waals surface area contributed by atoms with Crippen molar-refractivity contribution >= 4 is 11.7 Å². The van der Waals surface area contributed by atoms with Crippen LogP contribution < -0.4 is 14.8 Å². The van der Waals surface area contributed by atoms with E-state index in [0.29, 0.717) is 12.4 Å². The molecule has 0 unspecified atom stereocenters. The number of rotatable bonds is 7. The van der Waals surface area contributed by atoms with Gasteiger partial charge in [0.25, 0.3) is 5.91 Å². The van der Waals surface area contributed by atoms with E-state index < -0.39 is 12.5 Å². The molecule has 0 spiro atoms. The second-order valence-corrected chi connectivity index (χ2v) is 5.46. The first-order valence-corrected chi connectivity index (χ1v) is 7.91. The van der Waals surface area contributed by atoms with Crippen molar-refractivity contribution in [3.05, 3.63) is 66.1 Å². The van der Waals surface area contributed by atoms with Crippen LogP contribution in [0.5, 0.6) is 11.5 Å². The van der Waals surface area contributed by atoms with E-state index in [2.05, 4.69) is 20.1 Å². The van der Waals surface area contributed by atoms with Gasteiger partial charge in [-0.1, -0.05) is 6.07 Å². The van der Waals surface area contributed by atoms with Gasteiger partial charge in [0.2, 0.25) is 0 Å². The van der Waals surface area contributed by atoms with Crippen LogP contribution in [0.15, 0.2) is 55.0 Å². The average molecular weight is 374 g/mol. The molecule has 1 amide bonds. The molecule has 7 nitrogen and oxygen atoms in total. The molecule has 0 fully saturated rings. The second-order valence-electron chi connectivity index (χ2n) is 5.46. The molecule has 1 aromatic carbocycles. The van der Waals surface area contributed by atoms with Crippen molar-refractivity contribution in [1.29, 1.82) is 0 Å². The van der Waals surface area contributed by atoms with Crippen molar-refractivity contribution < 1.29 is 23.0 Å². The van der Waals surface area contributed by atoms with Gasteiger partial charge in [0.15, 0.2) is 17.3 Å². The van der Waals surface area contributed by atoms with Crippen LogP contribution in [0.2, 0.25) is 0 Å². The summed E-state index contributed by atoms with van der Waals surface area (Å²) in [4.78, 5) is 16.4. The molecule has 2 aromatic heterocycles. The van der Waals surface area contributed by atoms with Gasteiger partial charge in [-0.2, -0.15) is 13.9 Å². The molecule has 3 aromatic rings. The second kappa shape index (κ2) is 8.26. The van der Waals surface area contributed by atoms with E-state index in [0.717, 1.165) is 5.56 Å². The fraction of sp³-hybridized carbons (Fsp3) is 0.167. The minimum absolute atomic E-state index is 0.0325. The number of nitrogens with zero attached hydrogens (tertiary/aromatic N) is 3. The summed E-state index contributed by atoms with van der Waals surface area (Å²) in [7, 11) is 1.30. The highest BCUT2D eigenvalue weighted by Gasteiger charge is 2.15. The summed E-state index contributed by atoms with van der Waals surface area (Å²) < 4.78 is 35.7. The summed E-state index contributed by atoms with van der Waals surface area (Å²) in [6.45, 7) is -2.47. The summed E-state index contributed by atoms with van der Waals surface area (Å²) in [5.41, 5.74) is 1.19. The lowest BCUT2D eigenvalue weighted by molar-refractivity contribution is -0.0512. The molecular formula is C18H16F2N4O3. The lowest BCUT2D eigenvalue weighted by Crippen LogP contribution is -2.13. The van der Waals surface area contributed by atoms with Crippen molar-refractivity contribution in [3.8, 4) is 11.5 Å². The molecule has 0 bridgehead atoms. The summed E-state index contributed by atoms with van der Waals surface area (Å²) in [6.07, 6.45) is 5.14. The van der Waals surface area contributed by atoms with Gasteiger partial charge in [-0.25, -0.2) is 0 Å². The molecule has 27 heavy (non-hydrogen) atoms. The molecule has 0 aliphatic carbocycles. The first kappa shape index (κ1) is 18.3. The molecule has 0 atom stereocenters. The van der Waals surface area contributed by atoms with Crippen molar-refractivity contribution in [2.24, 2.45) is 0 Å². The number of amides is 1. The van der Waals surface area contributed by atoms with E-state index in [1.54, 1.807) is 29.3 Å². The smallest absolute Gasteiger partial charge is 0.387 e. The lowest BCUT2D eigenvalue weighted by Gasteiger charge is -2.11. The molecule has 1 N–H and O–H groups in total. The molecule has 2 heterocycles. The number of benzene rings is 1. The standard InChI is InChI=1S/C18H16F2N4O3/c1-26-15-9-13(4-5-14(15)27-18(19)20)17(25)22-16-6-8-24(23-16)11-12-3-2-7-21-10-12/h2-10,18H,11H2,1H3,(H,22,23,25). The molecule has 3 rings (SSSR count). The number of alkyl halides is 2. The Bertz CT molecular complexity index is 916. The lowest BCUT2D eigenvalue weighted by atomic mass is 10.2. The molecule has 140 valence electrons. The van der Waals surface area contributed by atoms with E-state index in [1.165, 1.54) is 25.3 Å². The van der Waals surface area contributed by atoms with Crippen LogP contribution in [0.25, 0.3) is 0 Å². The number of methoxy groups -OCH3 is 1. The van der Waals surface area contributed by atoms with Crippen LogP contribution >= 0.6 is 0 Å². The van der Waals surface area contributed by atoms with Crippen molar-refractivity contribution in [1.82, 2.24) is 14.8 Å². The fourth-order valence-corrected chi connectivity index (χ4v) is 2.39. The Labute approximate surface area is 153 Å².